The molecule has 0 fully saturated rings. The van der Waals surface area contributed by atoms with Crippen LogP contribution >= 0.6 is 0 Å². The smallest absolute Gasteiger partial charge is 0.160 e. The first-order valence-corrected chi connectivity index (χ1v) is 8.00. The number of aliphatic hydroxyl groups excluding tert-OH is 1. The highest BCUT2D eigenvalue weighted by molar-refractivity contribution is 5.42. The number of benzene rings is 2. The van der Waals surface area contributed by atoms with Crippen LogP contribution < -0.4 is 14.2 Å². The summed E-state index contributed by atoms with van der Waals surface area (Å²) in [6.45, 7) is 1.95. The van der Waals surface area contributed by atoms with Gasteiger partial charge in [0.2, 0.25) is 0 Å². The van der Waals surface area contributed by atoms with Crippen LogP contribution in [0.5, 0.6) is 17.2 Å². The van der Waals surface area contributed by atoms with E-state index in [-0.39, 0.29) is 37.4 Å². The molecule has 0 saturated carbocycles. The number of aryl methyl sites for hydroxylation is 2. The molecule has 0 aliphatic heterocycles. The van der Waals surface area contributed by atoms with Crippen LogP contribution in [-0.2, 0) is 6.42 Å². The van der Waals surface area contributed by atoms with Crippen molar-refractivity contribution in [2.75, 3.05) is 20.7 Å². The van der Waals surface area contributed by atoms with Crippen LogP contribution in [0.15, 0.2) is 42.5 Å². The second-order valence-corrected chi connectivity index (χ2v) is 5.73. The summed E-state index contributed by atoms with van der Waals surface area (Å²) in [5, 5.41) is 10.2. The summed E-state index contributed by atoms with van der Waals surface area (Å²) in [5.41, 5.74) is 1.41. The van der Waals surface area contributed by atoms with Gasteiger partial charge >= 0.3 is 0 Å². The van der Waals surface area contributed by atoms with Gasteiger partial charge in [0, 0.05) is 2.74 Å². The van der Waals surface area contributed by atoms with Gasteiger partial charge in [-0.05, 0) is 61.5 Å². The summed E-state index contributed by atoms with van der Waals surface area (Å²) in [6, 6.07) is 11.3. The van der Waals surface area contributed by atoms with Gasteiger partial charge < -0.3 is 19.3 Å². The van der Waals surface area contributed by atoms with Gasteiger partial charge in [-0.1, -0.05) is 24.6 Å². The fraction of sp³-hybridized carbons (Fsp3) is 0.429. The van der Waals surface area contributed by atoms with Crippen LogP contribution in [0.1, 0.15) is 41.3 Å². The highest BCUT2D eigenvalue weighted by Crippen LogP contribution is 2.28. The van der Waals surface area contributed by atoms with Gasteiger partial charge in [0.25, 0.3) is 0 Å². The summed E-state index contributed by atoms with van der Waals surface area (Å²) < 4.78 is 75.2. The van der Waals surface area contributed by atoms with Crippen LogP contribution in [0, 0.1) is 6.92 Å². The molecule has 4 nitrogen and oxygen atoms in total. The Bertz CT molecular complexity index is 912. The molecule has 4 heteroatoms. The molecule has 0 aliphatic carbocycles. The molecule has 2 aromatic carbocycles. The largest absolute Gasteiger partial charge is 0.493 e. The van der Waals surface area contributed by atoms with Gasteiger partial charge in [0.05, 0.1) is 28.4 Å². The van der Waals surface area contributed by atoms with Crippen molar-refractivity contribution in [2.45, 2.75) is 38.7 Å². The first-order valence-electron chi connectivity index (χ1n) is 12.0. The minimum Gasteiger partial charge on any atom is -0.493 e. The lowest BCUT2D eigenvalue weighted by molar-refractivity contribution is 0.0976. The Hall–Kier alpha value is -2.20. The molecule has 0 heterocycles. The van der Waals surface area contributed by atoms with Gasteiger partial charge in [-0.15, -0.1) is 0 Å². The summed E-state index contributed by atoms with van der Waals surface area (Å²) in [6.07, 6.45) is -2.53. The molecular weight excluding hydrogens is 316 g/mol. The standard InChI is InChI=1S/C21H28O4/c1-16-7-6-10-19(13-16)25-15-18(22)9-5-4-8-17-11-12-20(23-2)21(14-17)24-3/h6-7,10-14,18,22H,4-5,8-9,15H2,1-3H3/i2D3,3D3,4D2. The Morgan fingerprint density at radius 1 is 1.12 bits per heavy atom. The van der Waals surface area contributed by atoms with E-state index in [9.17, 15) is 5.11 Å². The molecule has 0 aliphatic rings. The lowest BCUT2D eigenvalue weighted by atomic mass is 10.0. The number of rotatable bonds is 10. The highest BCUT2D eigenvalue weighted by atomic mass is 16.5. The Morgan fingerprint density at radius 2 is 1.96 bits per heavy atom. The van der Waals surface area contributed by atoms with Crippen LogP contribution in [0.3, 0.4) is 0 Å². The van der Waals surface area contributed by atoms with Gasteiger partial charge in [0.15, 0.2) is 11.5 Å². The molecule has 1 atom stereocenters. The maximum absolute atomic E-state index is 10.2. The van der Waals surface area contributed by atoms with Crippen molar-refractivity contribution in [1.29, 1.82) is 0 Å². The first kappa shape index (κ1) is 10.7. The van der Waals surface area contributed by atoms with E-state index in [1.54, 1.807) is 6.07 Å². The third-order valence-electron chi connectivity index (χ3n) is 3.64. The molecule has 25 heavy (non-hydrogen) atoms. The van der Waals surface area contributed by atoms with E-state index in [1.165, 1.54) is 18.2 Å². The summed E-state index contributed by atoms with van der Waals surface area (Å²) in [7, 11) is -5.65. The first-order chi connectivity index (χ1) is 15.1. The number of hydrogen-bond donors (Lipinski definition) is 1. The van der Waals surface area contributed by atoms with E-state index in [0.717, 1.165) is 5.56 Å². The molecule has 0 spiro atoms. The SMILES string of the molecule is [2H]C([2H])(CCC(O)COc1cccc(C)c1)Cc1ccc(OC([2H])([2H])[2H])c(OC([2H])([2H])[2H])c1. The molecule has 0 bridgehead atoms. The topological polar surface area (TPSA) is 47.9 Å². The predicted octanol–water partition coefficient (Wildman–Crippen LogP) is 4.16. The molecule has 136 valence electrons. The average molecular weight is 352 g/mol. The Labute approximate surface area is 161 Å². The summed E-state index contributed by atoms with van der Waals surface area (Å²) in [5.74, 6) is 0.0309. The second kappa shape index (κ2) is 9.94. The van der Waals surface area contributed by atoms with Gasteiger partial charge in [-0.25, -0.2) is 0 Å². The number of ether oxygens (including phenoxy) is 3. The molecule has 0 amide bonds. The average Bonchev–Trinajstić information content (AvgIpc) is 2.64. The number of methoxy groups -OCH3 is 2. The molecule has 2 aromatic rings. The maximum atomic E-state index is 10.2. The molecule has 0 aromatic heterocycles. The highest BCUT2D eigenvalue weighted by Gasteiger charge is 2.07. The minimum absolute atomic E-state index is 0.0222. The van der Waals surface area contributed by atoms with Crippen LogP contribution in [-0.4, -0.2) is 31.9 Å². The summed E-state index contributed by atoms with van der Waals surface area (Å²) in [4.78, 5) is 0. The van der Waals surface area contributed by atoms with E-state index >= 15 is 0 Å². The van der Waals surface area contributed by atoms with Crippen molar-refractivity contribution in [3.63, 3.8) is 0 Å². The van der Waals surface area contributed by atoms with Crippen LogP contribution in [0.4, 0.5) is 0 Å². The number of hydrogen-bond acceptors (Lipinski definition) is 4. The van der Waals surface area contributed by atoms with E-state index in [4.69, 9.17) is 25.2 Å². The third kappa shape index (κ3) is 6.31. The van der Waals surface area contributed by atoms with Crippen molar-refractivity contribution in [2.24, 2.45) is 0 Å². The second-order valence-electron chi connectivity index (χ2n) is 5.73. The van der Waals surface area contributed by atoms with Crippen molar-refractivity contribution >= 4 is 0 Å². The van der Waals surface area contributed by atoms with Gasteiger partial charge in [-0.3, -0.25) is 0 Å². The fourth-order valence-electron chi connectivity index (χ4n) is 2.31. The van der Waals surface area contributed by atoms with E-state index in [2.05, 4.69) is 0 Å². The monoisotopic (exact) mass is 352 g/mol. The van der Waals surface area contributed by atoms with Gasteiger partial charge in [0.1, 0.15) is 12.4 Å². The summed E-state index contributed by atoms with van der Waals surface area (Å²) >= 11 is 0. The molecule has 1 unspecified atom stereocenters. The zero-order valence-electron chi connectivity index (χ0n) is 22.1. The van der Waals surface area contributed by atoms with Gasteiger partial charge in [-0.2, -0.15) is 0 Å². The van der Waals surface area contributed by atoms with Crippen LogP contribution in [0.2, 0.25) is 0 Å². The van der Waals surface area contributed by atoms with E-state index in [0.29, 0.717) is 11.3 Å². The quantitative estimate of drug-likeness (QED) is 0.697. The Kier molecular flexibility index (Phi) is 4.26. The minimum atomic E-state index is -2.84. The Balaban J connectivity index is 1.99. The normalized spacial score (nSPS) is 18.2. The molecule has 2 rings (SSSR count). The van der Waals surface area contributed by atoms with E-state index < -0.39 is 26.6 Å². The van der Waals surface area contributed by atoms with Crippen molar-refractivity contribution < 1.29 is 30.3 Å². The number of aliphatic hydroxyl groups is 1. The van der Waals surface area contributed by atoms with Crippen molar-refractivity contribution in [3.05, 3.63) is 53.6 Å². The zero-order chi connectivity index (χ0) is 24.9. The fourth-order valence-corrected chi connectivity index (χ4v) is 2.31. The van der Waals surface area contributed by atoms with Crippen LogP contribution in [0.25, 0.3) is 0 Å². The molecule has 1 N–H and O–H groups in total. The molecular formula is C21H28O4. The maximum Gasteiger partial charge on any atom is 0.160 e. The Morgan fingerprint density at radius 3 is 2.76 bits per heavy atom. The predicted molar refractivity (Wildman–Crippen MR) is 99.8 cm³/mol. The molecule has 0 saturated heterocycles. The lowest BCUT2D eigenvalue weighted by Crippen LogP contribution is -2.17. The zero-order valence-corrected chi connectivity index (χ0v) is 14.1. The lowest BCUT2D eigenvalue weighted by Gasteiger charge is -2.13. The van der Waals surface area contributed by atoms with Crippen molar-refractivity contribution in [3.8, 4) is 17.2 Å². The van der Waals surface area contributed by atoms with Crippen molar-refractivity contribution in [1.82, 2.24) is 0 Å². The molecule has 0 radical (unpaired) electrons. The van der Waals surface area contributed by atoms with E-state index in [1.807, 2.05) is 25.1 Å². The third-order valence-corrected chi connectivity index (χ3v) is 3.64.